The largest absolute Gasteiger partial charge is 0.480 e. The molecule has 1 aliphatic rings. The number of imidazole rings is 1. The number of nitrogens with zero attached hydrogens (tertiary/aromatic N) is 3. The molecular weight excluding hydrogens is 268 g/mol. The molecule has 0 radical (unpaired) electrons. The van der Waals surface area contributed by atoms with Gasteiger partial charge in [-0.15, -0.1) is 0 Å². The van der Waals surface area contributed by atoms with Crippen LogP contribution in [0.3, 0.4) is 0 Å². The Bertz CT molecular complexity index is 681. The molecule has 0 bridgehead atoms. The minimum Gasteiger partial charge on any atom is -0.480 e. The number of anilines is 1. The summed E-state index contributed by atoms with van der Waals surface area (Å²) in [5.41, 5.74) is 0.729. The molecule has 1 fully saturated rings. The summed E-state index contributed by atoms with van der Waals surface area (Å²) in [5, 5.41) is 12.9. The maximum absolute atomic E-state index is 11.9. The molecule has 0 spiro atoms. The molecule has 3 rings (SSSR count). The van der Waals surface area contributed by atoms with Crippen molar-refractivity contribution in [3.05, 3.63) is 18.6 Å². The molecule has 6 nitrogen and oxygen atoms in total. The molecule has 1 saturated carbocycles. The van der Waals surface area contributed by atoms with Crippen LogP contribution in [-0.4, -0.2) is 31.1 Å². The number of hydrogen-bond acceptors (Lipinski definition) is 4. The van der Waals surface area contributed by atoms with E-state index in [0.717, 1.165) is 23.9 Å². The van der Waals surface area contributed by atoms with Crippen LogP contribution in [0, 0.1) is 5.92 Å². The van der Waals surface area contributed by atoms with Gasteiger partial charge in [-0.1, -0.05) is 19.8 Å². The second-order valence-electron chi connectivity index (χ2n) is 6.10. The molecular formula is C15H20N4O2. The van der Waals surface area contributed by atoms with Crippen molar-refractivity contribution in [1.82, 2.24) is 14.5 Å². The van der Waals surface area contributed by atoms with Crippen LogP contribution in [0.5, 0.6) is 0 Å². The highest BCUT2D eigenvalue weighted by atomic mass is 16.4. The molecule has 2 unspecified atom stereocenters. The van der Waals surface area contributed by atoms with E-state index in [2.05, 4.69) is 22.2 Å². The van der Waals surface area contributed by atoms with Gasteiger partial charge in [0.1, 0.15) is 11.1 Å². The van der Waals surface area contributed by atoms with Gasteiger partial charge < -0.3 is 15.0 Å². The third-order valence-electron chi connectivity index (χ3n) is 4.41. The quantitative estimate of drug-likeness (QED) is 0.906. The number of carboxylic acids is 1. The van der Waals surface area contributed by atoms with Gasteiger partial charge in [0.15, 0.2) is 5.82 Å². The van der Waals surface area contributed by atoms with Crippen LogP contribution in [0.25, 0.3) is 11.0 Å². The molecule has 0 saturated heterocycles. The summed E-state index contributed by atoms with van der Waals surface area (Å²) in [7, 11) is 1.91. The van der Waals surface area contributed by atoms with Gasteiger partial charge in [-0.05, 0) is 24.8 Å². The van der Waals surface area contributed by atoms with E-state index in [9.17, 15) is 9.90 Å². The number of carbonyl (C=O) groups is 1. The van der Waals surface area contributed by atoms with Crippen LogP contribution < -0.4 is 5.32 Å². The number of hydrogen-bond donors (Lipinski definition) is 2. The average molecular weight is 288 g/mol. The molecule has 112 valence electrons. The second kappa shape index (κ2) is 5.02. The van der Waals surface area contributed by atoms with Gasteiger partial charge in [0.05, 0.1) is 11.8 Å². The Morgan fingerprint density at radius 2 is 2.33 bits per heavy atom. The highest BCUT2D eigenvalue weighted by Gasteiger charge is 2.42. The molecule has 0 amide bonds. The zero-order valence-corrected chi connectivity index (χ0v) is 12.3. The number of rotatable bonds is 3. The Hall–Kier alpha value is -2.11. The van der Waals surface area contributed by atoms with Crippen molar-refractivity contribution in [2.45, 2.75) is 38.1 Å². The third kappa shape index (κ3) is 2.34. The summed E-state index contributed by atoms with van der Waals surface area (Å²) in [6, 6.07) is 1.88. The molecule has 2 aromatic rings. The van der Waals surface area contributed by atoms with E-state index >= 15 is 0 Å². The molecule has 21 heavy (non-hydrogen) atoms. The van der Waals surface area contributed by atoms with Crippen LogP contribution >= 0.6 is 0 Å². The number of carboxylic acid groups (broad SMARTS) is 1. The van der Waals surface area contributed by atoms with Crippen LogP contribution in [0.15, 0.2) is 18.6 Å². The van der Waals surface area contributed by atoms with Crippen molar-refractivity contribution in [2.24, 2.45) is 13.0 Å². The highest BCUT2D eigenvalue weighted by molar-refractivity contribution is 5.90. The van der Waals surface area contributed by atoms with Crippen LogP contribution in [-0.2, 0) is 11.8 Å². The minimum absolute atomic E-state index is 0.394. The van der Waals surface area contributed by atoms with Gasteiger partial charge in [-0.2, -0.15) is 0 Å². The number of aryl methyl sites for hydroxylation is 1. The summed E-state index contributed by atoms with van der Waals surface area (Å²) in [5.74, 6) is 0.152. The first-order valence-electron chi connectivity index (χ1n) is 7.29. The maximum Gasteiger partial charge on any atom is 0.329 e. The van der Waals surface area contributed by atoms with Crippen molar-refractivity contribution in [1.29, 1.82) is 0 Å². The third-order valence-corrected chi connectivity index (χ3v) is 4.41. The van der Waals surface area contributed by atoms with E-state index in [1.165, 1.54) is 0 Å². The van der Waals surface area contributed by atoms with E-state index < -0.39 is 11.5 Å². The van der Waals surface area contributed by atoms with Crippen molar-refractivity contribution in [2.75, 3.05) is 5.32 Å². The Balaban J connectivity index is 2.00. The normalized spacial score (nSPS) is 25.9. The van der Waals surface area contributed by atoms with Gasteiger partial charge in [0, 0.05) is 13.2 Å². The molecule has 2 heterocycles. The summed E-state index contributed by atoms with van der Waals surface area (Å²) in [6.07, 6.45) is 6.64. The number of pyridine rings is 1. The smallest absolute Gasteiger partial charge is 0.329 e. The maximum atomic E-state index is 11.9. The molecule has 2 aromatic heterocycles. The van der Waals surface area contributed by atoms with Gasteiger partial charge in [0.2, 0.25) is 0 Å². The monoisotopic (exact) mass is 288 g/mol. The van der Waals surface area contributed by atoms with Gasteiger partial charge >= 0.3 is 5.97 Å². The first-order chi connectivity index (χ1) is 10.0. The Kier molecular flexibility index (Phi) is 3.31. The van der Waals surface area contributed by atoms with E-state index in [1.807, 2.05) is 17.7 Å². The molecule has 6 heteroatoms. The van der Waals surface area contributed by atoms with E-state index in [0.29, 0.717) is 24.6 Å². The molecule has 0 aromatic carbocycles. The fraction of sp³-hybridized carbons (Fsp3) is 0.533. The number of fused-ring (bicyclic) bond motifs is 1. The number of nitrogens with one attached hydrogen (secondary N) is 1. The van der Waals surface area contributed by atoms with E-state index in [4.69, 9.17) is 0 Å². The van der Waals surface area contributed by atoms with Crippen LogP contribution in [0.4, 0.5) is 5.82 Å². The summed E-state index contributed by atoms with van der Waals surface area (Å²) >= 11 is 0. The predicted molar refractivity (Wildman–Crippen MR) is 80.1 cm³/mol. The van der Waals surface area contributed by atoms with Gasteiger partial charge in [-0.3, -0.25) is 0 Å². The fourth-order valence-electron chi connectivity index (χ4n) is 3.29. The first-order valence-corrected chi connectivity index (χ1v) is 7.29. The van der Waals surface area contributed by atoms with Crippen LogP contribution in [0.1, 0.15) is 32.6 Å². The summed E-state index contributed by atoms with van der Waals surface area (Å²) in [4.78, 5) is 20.5. The van der Waals surface area contributed by atoms with Crippen LogP contribution in [0.2, 0.25) is 0 Å². The van der Waals surface area contributed by atoms with E-state index in [1.54, 1.807) is 12.5 Å². The lowest BCUT2D eigenvalue weighted by atomic mass is 9.76. The molecule has 2 N–H and O–H groups in total. The molecule has 0 aliphatic heterocycles. The highest BCUT2D eigenvalue weighted by Crippen LogP contribution is 2.36. The minimum atomic E-state index is -0.934. The van der Waals surface area contributed by atoms with Crippen molar-refractivity contribution in [3.8, 4) is 0 Å². The fourth-order valence-corrected chi connectivity index (χ4v) is 3.29. The zero-order chi connectivity index (χ0) is 15.0. The Labute approximate surface area is 123 Å². The summed E-state index contributed by atoms with van der Waals surface area (Å²) < 4.78 is 1.90. The zero-order valence-electron chi connectivity index (χ0n) is 12.3. The Morgan fingerprint density at radius 1 is 1.52 bits per heavy atom. The first kappa shape index (κ1) is 13.9. The standard InChI is InChI=1S/C15H20N4O2/c1-10-4-3-6-15(8-10,14(20)21)18-13-12-11(5-7-16-13)19(2)9-17-12/h5,7,9-10H,3-4,6,8H2,1-2H3,(H,16,18)(H,20,21). The lowest BCUT2D eigenvalue weighted by Crippen LogP contribution is -2.49. The van der Waals surface area contributed by atoms with Gasteiger partial charge in [0.25, 0.3) is 0 Å². The number of aromatic nitrogens is 3. The topological polar surface area (TPSA) is 80.0 Å². The average Bonchev–Trinajstić information content (AvgIpc) is 2.82. The Morgan fingerprint density at radius 3 is 3.05 bits per heavy atom. The van der Waals surface area contributed by atoms with E-state index in [-0.39, 0.29) is 0 Å². The lowest BCUT2D eigenvalue weighted by Gasteiger charge is -2.37. The van der Waals surface area contributed by atoms with Crippen molar-refractivity contribution >= 4 is 22.8 Å². The summed E-state index contributed by atoms with van der Waals surface area (Å²) in [6.45, 7) is 2.10. The van der Waals surface area contributed by atoms with Gasteiger partial charge in [-0.25, -0.2) is 14.8 Å². The molecule has 2 atom stereocenters. The molecule has 1 aliphatic carbocycles. The number of aliphatic carboxylic acids is 1. The van der Waals surface area contributed by atoms with Crippen molar-refractivity contribution in [3.63, 3.8) is 0 Å². The lowest BCUT2D eigenvalue weighted by molar-refractivity contribution is -0.144. The predicted octanol–water partition coefficient (Wildman–Crippen LogP) is 2.41. The SMILES string of the molecule is CC1CCCC(Nc2nccc3c2ncn3C)(C(=O)O)C1. The second-order valence-corrected chi connectivity index (χ2v) is 6.10. The van der Waals surface area contributed by atoms with Crippen molar-refractivity contribution < 1.29 is 9.90 Å².